The summed E-state index contributed by atoms with van der Waals surface area (Å²) in [6, 6.07) is 0.664. The van der Waals surface area contributed by atoms with Crippen LogP contribution in [0, 0.1) is 5.41 Å². The Kier molecular flexibility index (Phi) is 3.50. The molecule has 0 atom stereocenters. The molecule has 0 aliphatic heterocycles. The molecule has 92 valence electrons. The van der Waals surface area contributed by atoms with Crippen LogP contribution >= 0.6 is 0 Å². The first-order valence-corrected chi connectivity index (χ1v) is 6.43. The first kappa shape index (κ1) is 11.9. The minimum Gasteiger partial charge on any atom is -0.353 e. The molecule has 0 saturated heterocycles. The highest BCUT2D eigenvalue weighted by atomic mass is 16.2. The van der Waals surface area contributed by atoms with Crippen LogP contribution in [0.15, 0.2) is 0 Å². The van der Waals surface area contributed by atoms with Gasteiger partial charge in [-0.25, -0.2) is 0 Å². The Hall–Kier alpha value is -0.610. The smallest absolute Gasteiger partial charge is 0.227 e. The Bertz CT molecular complexity index is 249. The van der Waals surface area contributed by atoms with Crippen molar-refractivity contribution < 1.29 is 4.79 Å². The summed E-state index contributed by atoms with van der Waals surface area (Å²) in [4.78, 5) is 12.1. The molecule has 0 heterocycles. The normalized spacial score (nSPS) is 32.9. The molecule has 0 bridgehead atoms. The highest BCUT2D eigenvalue weighted by Crippen LogP contribution is 2.40. The molecule has 0 spiro atoms. The van der Waals surface area contributed by atoms with Crippen molar-refractivity contribution in [3.05, 3.63) is 0 Å². The van der Waals surface area contributed by atoms with E-state index >= 15 is 0 Å². The summed E-state index contributed by atoms with van der Waals surface area (Å²) in [6.07, 6.45) is 7.16. The Balaban J connectivity index is 1.83. The number of carbonyl (C=O) groups is 1. The summed E-state index contributed by atoms with van der Waals surface area (Å²) in [6.45, 7) is 0.491. The van der Waals surface area contributed by atoms with Gasteiger partial charge in [-0.15, -0.1) is 0 Å². The van der Waals surface area contributed by atoms with E-state index < -0.39 is 0 Å². The minimum atomic E-state index is -0.237. The van der Waals surface area contributed by atoms with Crippen LogP contribution in [0.4, 0.5) is 0 Å². The van der Waals surface area contributed by atoms with Crippen molar-refractivity contribution >= 4 is 5.91 Å². The number of carbonyl (C=O) groups excluding carboxylic acids is 1. The van der Waals surface area contributed by atoms with Crippen molar-refractivity contribution in [1.29, 1.82) is 0 Å². The molecule has 1 amide bonds. The van der Waals surface area contributed by atoms with Gasteiger partial charge in [-0.1, -0.05) is 6.42 Å². The van der Waals surface area contributed by atoms with Crippen LogP contribution in [-0.2, 0) is 4.79 Å². The second-order valence-corrected chi connectivity index (χ2v) is 5.42. The molecule has 4 heteroatoms. The van der Waals surface area contributed by atoms with Gasteiger partial charge in [0.1, 0.15) is 0 Å². The van der Waals surface area contributed by atoms with Crippen LogP contribution in [0.5, 0.6) is 0 Å². The van der Waals surface area contributed by atoms with E-state index in [0.717, 1.165) is 44.9 Å². The van der Waals surface area contributed by atoms with Gasteiger partial charge in [-0.3, -0.25) is 4.79 Å². The fraction of sp³-hybridized carbons (Fsp3) is 0.917. The lowest BCUT2D eigenvalue weighted by atomic mass is 9.68. The molecule has 0 aromatic heterocycles. The van der Waals surface area contributed by atoms with Crippen molar-refractivity contribution in [2.24, 2.45) is 16.9 Å². The summed E-state index contributed by atoms with van der Waals surface area (Å²) in [5.41, 5.74) is 11.3. The third-order valence-corrected chi connectivity index (χ3v) is 4.29. The molecule has 0 unspecified atom stereocenters. The molecule has 0 aromatic carbocycles. The summed E-state index contributed by atoms with van der Waals surface area (Å²) in [7, 11) is 0. The number of rotatable bonds is 3. The molecule has 0 aromatic rings. The van der Waals surface area contributed by atoms with E-state index in [2.05, 4.69) is 5.32 Å². The van der Waals surface area contributed by atoms with Crippen molar-refractivity contribution in [1.82, 2.24) is 5.32 Å². The molecule has 5 N–H and O–H groups in total. The highest BCUT2D eigenvalue weighted by molar-refractivity contribution is 5.84. The molecule has 2 rings (SSSR count). The van der Waals surface area contributed by atoms with E-state index in [9.17, 15) is 4.79 Å². The van der Waals surface area contributed by atoms with Gasteiger partial charge in [0.2, 0.25) is 5.91 Å². The molecule has 4 nitrogen and oxygen atoms in total. The predicted molar refractivity (Wildman–Crippen MR) is 63.7 cm³/mol. The van der Waals surface area contributed by atoms with Crippen LogP contribution in [0.1, 0.15) is 44.9 Å². The average molecular weight is 225 g/mol. The lowest BCUT2D eigenvalue weighted by Gasteiger charge is -2.40. The van der Waals surface area contributed by atoms with Crippen molar-refractivity contribution in [3.8, 4) is 0 Å². The molecule has 16 heavy (non-hydrogen) atoms. The fourth-order valence-electron chi connectivity index (χ4n) is 2.73. The molecule has 2 aliphatic rings. The van der Waals surface area contributed by atoms with Gasteiger partial charge in [-0.2, -0.15) is 0 Å². The van der Waals surface area contributed by atoms with E-state index in [1.807, 2.05) is 0 Å². The molecule has 2 saturated carbocycles. The Morgan fingerprint density at radius 3 is 2.31 bits per heavy atom. The van der Waals surface area contributed by atoms with Crippen molar-refractivity contribution in [3.63, 3.8) is 0 Å². The second-order valence-electron chi connectivity index (χ2n) is 5.42. The first-order chi connectivity index (χ1) is 7.66. The lowest BCUT2D eigenvalue weighted by molar-refractivity contribution is -0.136. The van der Waals surface area contributed by atoms with Gasteiger partial charge in [0.05, 0.1) is 5.41 Å². The maximum Gasteiger partial charge on any atom is 0.227 e. The van der Waals surface area contributed by atoms with E-state index in [-0.39, 0.29) is 11.3 Å². The maximum atomic E-state index is 12.1. The van der Waals surface area contributed by atoms with Crippen LogP contribution in [-0.4, -0.2) is 24.5 Å². The zero-order valence-corrected chi connectivity index (χ0v) is 9.87. The number of nitrogens with two attached hydrogens (primary N) is 2. The third kappa shape index (κ3) is 2.23. The number of hydrogen-bond donors (Lipinski definition) is 3. The summed E-state index contributed by atoms with van der Waals surface area (Å²) in [5.74, 6) is 0.182. The Morgan fingerprint density at radius 2 is 1.88 bits per heavy atom. The highest BCUT2D eigenvalue weighted by Gasteiger charge is 2.43. The largest absolute Gasteiger partial charge is 0.353 e. The minimum absolute atomic E-state index is 0.182. The number of amides is 1. The van der Waals surface area contributed by atoms with Crippen molar-refractivity contribution in [2.75, 3.05) is 6.54 Å². The van der Waals surface area contributed by atoms with Crippen molar-refractivity contribution in [2.45, 2.75) is 57.0 Å². The van der Waals surface area contributed by atoms with Gasteiger partial charge >= 0.3 is 0 Å². The summed E-state index contributed by atoms with van der Waals surface area (Å²) in [5, 5.41) is 3.16. The molecule has 2 aliphatic carbocycles. The quantitative estimate of drug-likeness (QED) is 0.654. The van der Waals surface area contributed by atoms with Crippen LogP contribution in [0.3, 0.4) is 0 Å². The molecule has 0 radical (unpaired) electrons. The fourth-order valence-corrected chi connectivity index (χ4v) is 2.73. The molecular formula is C12H23N3O. The zero-order chi connectivity index (χ0) is 11.6. The van der Waals surface area contributed by atoms with Gasteiger partial charge < -0.3 is 16.8 Å². The molecule has 2 fully saturated rings. The Morgan fingerprint density at radius 1 is 1.25 bits per heavy atom. The van der Waals surface area contributed by atoms with Crippen LogP contribution in [0.25, 0.3) is 0 Å². The van der Waals surface area contributed by atoms with E-state index in [1.54, 1.807) is 0 Å². The Labute approximate surface area is 97.1 Å². The monoisotopic (exact) mass is 225 g/mol. The second kappa shape index (κ2) is 4.72. The maximum absolute atomic E-state index is 12.1. The topological polar surface area (TPSA) is 81.1 Å². The molecular weight excluding hydrogens is 202 g/mol. The lowest BCUT2D eigenvalue weighted by Crippen LogP contribution is -2.53. The number of hydrogen-bond acceptors (Lipinski definition) is 3. The SMILES string of the molecule is NCC1(C(=O)NC2CCC(N)CC2)CCC1. The summed E-state index contributed by atoms with van der Waals surface area (Å²) >= 11 is 0. The van der Waals surface area contributed by atoms with E-state index in [1.165, 1.54) is 0 Å². The van der Waals surface area contributed by atoms with Gasteiger partial charge in [0, 0.05) is 18.6 Å². The van der Waals surface area contributed by atoms with Gasteiger partial charge in [0.25, 0.3) is 0 Å². The van der Waals surface area contributed by atoms with Gasteiger partial charge in [-0.05, 0) is 38.5 Å². The standard InChI is InChI=1S/C12H23N3O/c13-8-12(6-1-7-12)11(16)15-10-4-2-9(14)3-5-10/h9-10H,1-8,13-14H2,(H,15,16). The average Bonchev–Trinajstić information content (AvgIpc) is 2.21. The predicted octanol–water partition coefficient (Wildman–Crippen LogP) is 0.502. The third-order valence-electron chi connectivity index (χ3n) is 4.29. The first-order valence-electron chi connectivity index (χ1n) is 6.43. The van der Waals surface area contributed by atoms with Gasteiger partial charge in [0.15, 0.2) is 0 Å². The van der Waals surface area contributed by atoms with E-state index in [4.69, 9.17) is 11.5 Å². The zero-order valence-electron chi connectivity index (χ0n) is 9.87. The van der Waals surface area contributed by atoms with Crippen LogP contribution < -0.4 is 16.8 Å². The van der Waals surface area contributed by atoms with Crippen LogP contribution in [0.2, 0.25) is 0 Å². The number of nitrogens with one attached hydrogen (secondary N) is 1. The summed E-state index contributed by atoms with van der Waals surface area (Å²) < 4.78 is 0. The van der Waals surface area contributed by atoms with E-state index in [0.29, 0.717) is 18.6 Å².